The summed E-state index contributed by atoms with van der Waals surface area (Å²) in [5.74, 6) is -0.219. The summed E-state index contributed by atoms with van der Waals surface area (Å²) >= 11 is 6.08. The van der Waals surface area contributed by atoms with Crippen molar-refractivity contribution in [3.63, 3.8) is 0 Å². The van der Waals surface area contributed by atoms with Crippen LogP contribution in [0.1, 0.15) is 11.4 Å². The van der Waals surface area contributed by atoms with Crippen LogP contribution in [0.25, 0.3) is 16.4 Å². The molecule has 28 heavy (non-hydrogen) atoms. The summed E-state index contributed by atoms with van der Waals surface area (Å²) in [5.41, 5.74) is 1.39. The molecule has 4 rings (SSSR count). The second kappa shape index (κ2) is 7.09. The standard InChI is InChI=1S/C20H16ClFN4O2/c1-12-24-25(11-19(27)23-10-13-4-2-3-5-16(13)21)20(28)18-9-14-8-15(22)6-7-17(14)26(12)18/h2-9H,10-11H2,1H3,(H,23,27). The Morgan fingerprint density at radius 2 is 1.96 bits per heavy atom. The van der Waals surface area contributed by atoms with Crippen LogP contribution in [0, 0.1) is 12.7 Å². The maximum atomic E-state index is 13.5. The first-order chi connectivity index (χ1) is 13.4. The zero-order chi connectivity index (χ0) is 19.8. The second-order valence-corrected chi connectivity index (χ2v) is 6.85. The highest BCUT2D eigenvalue weighted by molar-refractivity contribution is 6.31. The highest BCUT2D eigenvalue weighted by atomic mass is 35.5. The molecule has 1 amide bonds. The van der Waals surface area contributed by atoms with E-state index in [9.17, 15) is 14.0 Å². The minimum absolute atomic E-state index is 0.226. The SMILES string of the molecule is Cc1nn(CC(=O)NCc2ccccc2Cl)c(=O)c2cc3cc(F)ccc3n12. The van der Waals surface area contributed by atoms with Gasteiger partial charge in [-0.25, -0.2) is 9.07 Å². The van der Waals surface area contributed by atoms with E-state index in [1.807, 2.05) is 18.2 Å². The van der Waals surface area contributed by atoms with Gasteiger partial charge in [-0.1, -0.05) is 29.8 Å². The smallest absolute Gasteiger partial charge is 0.291 e. The quantitative estimate of drug-likeness (QED) is 0.574. The lowest BCUT2D eigenvalue weighted by Crippen LogP contribution is -2.34. The van der Waals surface area contributed by atoms with Gasteiger partial charge in [0.25, 0.3) is 5.56 Å². The third-order valence-electron chi connectivity index (χ3n) is 4.53. The number of aromatic nitrogens is 3. The minimum Gasteiger partial charge on any atom is -0.350 e. The molecule has 8 heteroatoms. The van der Waals surface area contributed by atoms with E-state index in [1.54, 1.807) is 29.5 Å². The fourth-order valence-corrected chi connectivity index (χ4v) is 3.43. The Morgan fingerprint density at radius 1 is 1.18 bits per heavy atom. The van der Waals surface area contributed by atoms with Crippen molar-refractivity contribution in [2.24, 2.45) is 0 Å². The van der Waals surface area contributed by atoms with E-state index in [1.165, 1.54) is 12.1 Å². The average Bonchev–Trinajstić information content (AvgIpc) is 3.04. The lowest BCUT2D eigenvalue weighted by Gasteiger charge is -2.10. The van der Waals surface area contributed by atoms with Crippen molar-refractivity contribution in [3.05, 3.63) is 81.1 Å². The summed E-state index contributed by atoms with van der Waals surface area (Å²) in [7, 11) is 0. The van der Waals surface area contributed by atoms with E-state index >= 15 is 0 Å². The molecule has 2 heterocycles. The first kappa shape index (κ1) is 18.2. The van der Waals surface area contributed by atoms with Crippen LogP contribution in [0.3, 0.4) is 0 Å². The van der Waals surface area contributed by atoms with Gasteiger partial charge in [0.15, 0.2) is 0 Å². The number of halogens is 2. The molecule has 0 unspecified atom stereocenters. The molecule has 0 atom stereocenters. The number of nitrogens with one attached hydrogen (secondary N) is 1. The normalized spacial score (nSPS) is 11.2. The third kappa shape index (κ3) is 3.25. The molecule has 0 radical (unpaired) electrons. The number of nitrogens with zero attached hydrogens (tertiary/aromatic N) is 3. The zero-order valence-corrected chi connectivity index (χ0v) is 15.7. The predicted molar refractivity (Wildman–Crippen MR) is 105 cm³/mol. The minimum atomic E-state index is -0.421. The highest BCUT2D eigenvalue weighted by Gasteiger charge is 2.14. The molecule has 6 nitrogen and oxygen atoms in total. The number of carbonyl (C=O) groups is 1. The van der Waals surface area contributed by atoms with Crippen LogP contribution in [0.15, 0.2) is 53.3 Å². The van der Waals surface area contributed by atoms with Crippen LogP contribution in [0.4, 0.5) is 4.39 Å². The zero-order valence-electron chi connectivity index (χ0n) is 14.9. The number of hydrogen-bond acceptors (Lipinski definition) is 3. The van der Waals surface area contributed by atoms with Crippen LogP contribution in [0.5, 0.6) is 0 Å². The summed E-state index contributed by atoms with van der Waals surface area (Å²) in [4.78, 5) is 25.1. The molecule has 0 saturated heterocycles. The summed E-state index contributed by atoms with van der Waals surface area (Å²) in [6.07, 6.45) is 0. The Labute approximate surface area is 164 Å². The van der Waals surface area contributed by atoms with E-state index in [2.05, 4.69) is 10.4 Å². The van der Waals surface area contributed by atoms with Crippen molar-refractivity contribution in [2.75, 3.05) is 0 Å². The van der Waals surface area contributed by atoms with Gasteiger partial charge in [0.05, 0.1) is 5.52 Å². The fourth-order valence-electron chi connectivity index (χ4n) is 3.22. The molecule has 4 aromatic rings. The van der Waals surface area contributed by atoms with E-state index < -0.39 is 5.56 Å². The molecular weight excluding hydrogens is 383 g/mol. The van der Waals surface area contributed by atoms with Gasteiger partial charge in [0, 0.05) is 17.0 Å². The molecule has 0 fully saturated rings. The highest BCUT2D eigenvalue weighted by Crippen LogP contribution is 2.20. The van der Waals surface area contributed by atoms with Crippen molar-refractivity contribution >= 4 is 33.9 Å². The first-order valence-electron chi connectivity index (χ1n) is 8.62. The van der Waals surface area contributed by atoms with Gasteiger partial charge in [0.2, 0.25) is 5.91 Å². The number of benzene rings is 2. The summed E-state index contributed by atoms with van der Waals surface area (Å²) < 4.78 is 16.3. The molecule has 0 saturated carbocycles. The predicted octanol–water partition coefficient (Wildman–Crippen LogP) is 3.07. The van der Waals surface area contributed by atoms with Crippen LogP contribution in [-0.4, -0.2) is 20.1 Å². The maximum absolute atomic E-state index is 13.5. The van der Waals surface area contributed by atoms with Gasteiger partial charge in [-0.15, -0.1) is 0 Å². The van der Waals surface area contributed by atoms with Crippen molar-refractivity contribution in [2.45, 2.75) is 20.0 Å². The third-order valence-corrected chi connectivity index (χ3v) is 4.90. The number of rotatable bonds is 4. The van der Waals surface area contributed by atoms with E-state index in [-0.39, 0.29) is 24.8 Å². The number of fused-ring (bicyclic) bond motifs is 3. The van der Waals surface area contributed by atoms with Gasteiger partial charge in [0.1, 0.15) is 23.7 Å². The Morgan fingerprint density at radius 3 is 2.75 bits per heavy atom. The van der Waals surface area contributed by atoms with Gasteiger partial charge in [-0.2, -0.15) is 5.10 Å². The molecule has 0 aliphatic rings. The van der Waals surface area contributed by atoms with Crippen LogP contribution in [0.2, 0.25) is 5.02 Å². The van der Waals surface area contributed by atoms with E-state index in [0.717, 1.165) is 10.2 Å². The Balaban J connectivity index is 1.63. The molecular formula is C20H16ClFN4O2. The molecule has 0 aliphatic carbocycles. The second-order valence-electron chi connectivity index (χ2n) is 6.45. The van der Waals surface area contributed by atoms with Crippen molar-refractivity contribution in [3.8, 4) is 0 Å². The molecule has 0 aliphatic heterocycles. The Kier molecular flexibility index (Phi) is 4.60. The topological polar surface area (TPSA) is 68.4 Å². The van der Waals surface area contributed by atoms with Crippen LogP contribution in [-0.2, 0) is 17.9 Å². The largest absolute Gasteiger partial charge is 0.350 e. The molecule has 142 valence electrons. The lowest BCUT2D eigenvalue weighted by atomic mass is 10.2. The Hall–Kier alpha value is -3.19. The fraction of sp³-hybridized carbons (Fsp3) is 0.150. The number of hydrogen-bond donors (Lipinski definition) is 1. The molecule has 0 bridgehead atoms. The van der Waals surface area contributed by atoms with Crippen molar-refractivity contribution in [1.29, 1.82) is 0 Å². The number of amides is 1. The summed E-state index contributed by atoms with van der Waals surface area (Å²) in [5, 5.41) is 8.14. The number of carbonyl (C=O) groups excluding carboxylic acids is 1. The van der Waals surface area contributed by atoms with Crippen LogP contribution < -0.4 is 10.9 Å². The molecule has 2 aromatic heterocycles. The van der Waals surface area contributed by atoms with E-state index in [4.69, 9.17) is 11.6 Å². The van der Waals surface area contributed by atoms with E-state index in [0.29, 0.717) is 27.3 Å². The average molecular weight is 399 g/mol. The first-order valence-corrected chi connectivity index (χ1v) is 9.00. The molecule has 1 N–H and O–H groups in total. The monoisotopic (exact) mass is 398 g/mol. The maximum Gasteiger partial charge on any atom is 0.291 e. The lowest BCUT2D eigenvalue weighted by molar-refractivity contribution is -0.122. The van der Waals surface area contributed by atoms with Gasteiger partial charge < -0.3 is 5.32 Å². The van der Waals surface area contributed by atoms with Crippen molar-refractivity contribution < 1.29 is 9.18 Å². The van der Waals surface area contributed by atoms with Gasteiger partial charge in [-0.05, 0) is 42.8 Å². The summed E-state index contributed by atoms with van der Waals surface area (Å²) in [6, 6.07) is 13.1. The van der Waals surface area contributed by atoms with Gasteiger partial charge >= 0.3 is 0 Å². The molecule has 2 aromatic carbocycles. The summed E-state index contributed by atoms with van der Waals surface area (Å²) in [6.45, 7) is 1.76. The van der Waals surface area contributed by atoms with Gasteiger partial charge in [-0.3, -0.25) is 14.0 Å². The molecule has 0 spiro atoms. The number of aryl methyl sites for hydroxylation is 1. The van der Waals surface area contributed by atoms with Crippen molar-refractivity contribution in [1.82, 2.24) is 19.5 Å². The van der Waals surface area contributed by atoms with Crippen LogP contribution >= 0.6 is 11.6 Å². The Bertz CT molecular complexity index is 1280.